The van der Waals surface area contributed by atoms with Gasteiger partial charge in [-0.05, 0) is 78.8 Å². The van der Waals surface area contributed by atoms with Crippen LogP contribution in [-0.2, 0) is 19.3 Å². The Kier molecular flexibility index (Phi) is 7.16. The lowest BCUT2D eigenvalue weighted by Crippen LogP contribution is -2.38. The summed E-state index contributed by atoms with van der Waals surface area (Å²) in [5.74, 6) is 0.442. The number of carbonyl (C=O) groups is 1. The van der Waals surface area contributed by atoms with Gasteiger partial charge in [-0.15, -0.1) is 0 Å². The Morgan fingerprint density at radius 2 is 1.79 bits per heavy atom. The third-order valence-corrected chi connectivity index (χ3v) is 6.98. The summed E-state index contributed by atoms with van der Waals surface area (Å²) in [6, 6.07) is 20.9. The molecule has 1 aliphatic carbocycles. The van der Waals surface area contributed by atoms with E-state index in [0.717, 1.165) is 53.9 Å². The van der Waals surface area contributed by atoms with Crippen LogP contribution in [0.25, 0.3) is 0 Å². The maximum atomic E-state index is 14.0. The highest BCUT2D eigenvalue weighted by molar-refractivity contribution is 6.03. The highest BCUT2D eigenvalue weighted by Gasteiger charge is 2.32. The second-order valence-electron chi connectivity index (χ2n) is 9.26. The van der Waals surface area contributed by atoms with Crippen LogP contribution in [-0.4, -0.2) is 12.7 Å². The van der Waals surface area contributed by atoms with Gasteiger partial charge >= 0.3 is 6.03 Å². The smallest absolute Gasteiger partial charge is 0.307 e. The van der Waals surface area contributed by atoms with Gasteiger partial charge in [-0.2, -0.15) is 0 Å². The van der Waals surface area contributed by atoms with E-state index < -0.39 is 0 Å². The molecule has 0 saturated heterocycles. The summed E-state index contributed by atoms with van der Waals surface area (Å²) in [5.41, 5.74) is 8.58. The molecule has 176 valence electrons. The predicted molar refractivity (Wildman–Crippen MR) is 144 cm³/mol. The zero-order valence-electron chi connectivity index (χ0n) is 20.8. The van der Waals surface area contributed by atoms with Crippen LogP contribution in [0.15, 0.2) is 65.7 Å². The van der Waals surface area contributed by atoms with Crippen molar-refractivity contribution in [2.75, 3.05) is 10.2 Å². The molecular weight excluding hydrogens is 418 g/mol. The number of rotatable bonds is 7. The number of hydrogen-bond acceptors (Lipinski definition) is 2. The van der Waals surface area contributed by atoms with E-state index in [-0.39, 0.29) is 12.1 Å². The first-order valence-corrected chi connectivity index (χ1v) is 12.4. The molecule has 4 heteroatoms. The van der Waals surface area contributed by atoms with Crippen molar-refractivity contribution in [1.82, 2.24) is 0 Å². The highest BCUT2D eigenvalue weighted by atomic mass is 16.2. The fourth-order valence-corrected chi connectivity index (χ4v) is 5.07. The first-order valence-electron chi connectivity index (χ1n) is 12.4. The Bertz CT molecular complexity index is 1180. The Balaban J connectivity index is 1.77. The molecule has 0 fully saturated rings. The van der Waals surface area contributed by atoms with Crippen molar-refractivity contribution in [3.05, 3.63) is 88.5 Å². The molecule has 1 unspecified atom stereocenters. The number of fused-ring (bicyclic) bond motifs is 1. The number of benzene rings is 3. The van der Waals surface area contributed by atoms with E-state index in [2.05, 4.69) is 93.3 Å². The number of carbonyl (C=O) groups excluding carboxylic acids is 1. The monoisotopic (exact) mass is 453 g/mol. The molecule has 1 N–H and O–H groups in total. The van der Waals surface area contributed by atoms with Gasteiger partial charge in [-0.1, -0.05) is 70.2 Å². The third kappa shape index (κ3) is 4.50. The molecule has 1 aliphatic rings. The summed E-state index contributed by atoms with van der Waals surface area (Å²) in [7, 11) is 0. The van der Waals surface area contributed by atoms with Gasteiger partial charge in [0.15, 0.2) is 0 Å². The van der Waals surface area contributed by atoms with Crippen LogP contribution in [0, 0.1) is 0 Å². The zero-order valence-corrected chi connectivity index (χ0v) is 20.8. The number of anilines is 2. The first kappa shape index (κ1) is 23.7. The largest absolute Gasteiger partial charge is 0.326 e. The van der Waals surface area contributed by atoms with Crippen molar-refractivity contribution in [2.24, 2.45) is 4.99 Å². The standard InChI is InChI=1S/C30H35N3O/c1-6-21-14-18-27(31-5)25(7-2)29(21)32-30(34)33(24-16-12-22(13-17-24)20(3)4)28-19-15-23-10-8-9-11-26(23)28/h8-14,16-18,20,28H,5-7,15,19H2,1-4H3,(H,32,34). The molecule has 4 nitrogen and oxygen atoms in total. The van der Waals surface area contributed by atoms with E-state index in [1.807, 2.05) is 17.0 Å². The summed E-state index contributed by atoms with van der Waals surface area (Å²) in [6.07, 6.45) is 3.49. The van der Waals surface area contributed by atoms with E-state index in [1.165, 1.54) is 16.7 Å². The lowest BCUT2D eigenvalue weighted by molar-refractivity contribution is 0.254. The van der Waals surface area contributed by atoms with Gasteiger partial charge < -0.3 is 5.32 Å². The van der Waals surface area contributed by atoms with E-state index in [0.29, 0.717) is 5.92 Å². The van der Waals surface area contributed by atoms with Gasteiger partial charge in [0.1, 0.15) is 0 Å². The van der Waals surface area contributed by atoms with Crippen LogP contribution in [0.1, 0.15) is 73.9 Å². The van der Waals surface area contributed by atoms with Gasteiger partial charge in [-0.25, -0.2) is 4.79 Å². The summed E-state index contributed by atoms with van der Waals surface area (Å²) < 4.78 is 0. The van der Waals surface area contributed by atoms with E-state index in [4.69, 9.17) is 0 Å². The third-order valence-electron chi connectivity index (χ3n) is 6.98. The van der Waals surface area contributed by atoms with Crippen LogP contribution in [0.3, 0.4) is 0 Å². The molecule has 3 aromatic carbocycles. The minimum Gasteiger partial charge on any atom is -0.307 e. The molecule has 0 aliphatic heterocycles. The molecule has 0 heterocycles. The molecule has 0 saturated carbocycles. The van der Waals surface area contributed by atoms with Gasteiger partial charge in [0.05, 0.1) is 17.4 Å². The number of hydrogen-bond donors (Lipinski definition) is 1. The van der Waals surface area contributed by atoms with Crippen molar-refractivity contribution in [2.45, 2.75) is 65.3 Å². The quantitative estimate of drug-likeness (QED) is 0.362. The Labute approximate surface area is 203 Å². The maximum absolute atomic E-state index is 14.0. The summed E-state index contributed by atoms with van der Waals surface area (Å²) in [4.78, 5) is 20.2. The van der Waals surface area contributed by atoms with E-state index >= 15 is 0 Å². The Morgan fingerprint density at radius 1 is 1.06 bits per heavy atom. The molecule has 0 aromatic heterocycles. The molecule has 0 bridgehead atoms. The number of nitrogens with zero attached hydrogens (tertiary/aromatic N) is 2. The van der Waals surface area contributed by atoms with Crippen LogP contribution in [0.4, 0.5) is 21.9 Å². The lowest BCUT2D eigenvalue weighted by atomic mass is 10.0. The van der Waals surface area contributed by atoms with Crippen LogP contribution in [0.5, 0.6) is 0 Å². The maximum Gasteiger partial charge on any atom is 0.326 e. The molecule has 0 spiro atoms. The highest BCUT2D eigenvalue weighted by Crippen LogP contribution is 2.40. The molecule has 4 rings (SSSR count). The van der Waals surface area contributed by atoms with Gasteiger partial charge in [-0.3, -0.25) is 9.89 Å². The predicted octanol–water partition coefficient (Wildman–Crippen LogP) is 7.99. The molecule has 34 heavy (non-hydrogen) atoms. The normalized spacial score (nSPS) is 14.7. The average Bonchev–Trinajstić information content (AvgIpc) is 3.28. The molecular formula is C30H35N3O. The fraction of sp³-hybridized carbons (Fsp3) is 0.333. The first-order chi connectivity index (χ1) is 16.5. The minimum atomic E-state index is -0.107. The number of aryl methyl sites for hydroxylation is 2. The van der Waals surface area contributed by atoms with Crippen molar-refractivity contribution < 1.29 is 4.79 Å². The van der Waals surface area contributed by atoms with Gasteiger partial charge in [0.2, 0.25) is 0 Å². The molecule has 2 amide bonds. The topological polar surface area (TPSA) is 44.7 Å². The van der Waals surface area contributed by atoms with Crippen molar-refractivity contribution >= 4 is 29.8 Å². The van der Waals surface area contributed by atoms with Crippen LogP contribution >= 0.6 is 0 Å². The Hall–Kier alpha value is -3.40. The number of aliphatic imine (C=N–C) groups is 1. The number of amides is 2. The van der Waals surface area contributed by atoms with E-state index in [9.17, 15) is 4.79 Å². The summed E-state index contributed by atoms with van der Waals surface area (Å²) in [5, 5.41) is 3.30. The zero-order chi connectivity index (χ0) is 24.2. The Morgan fingerprint density at radius 3 is 2.44 bits per heavy atom. The van der Waals surface area contributed by atoms with Gasteiger partial charge in [0.25, 0.3) is 0 Å². The van der Waals surface area contributed by atoms with Crippen molar-refractivity contribution in [3.63, 3.8) is 0 Å². The molecule has 0 radical (unpaired) electrons. The van der Waals surface area contributed by atoms with Crippen LogP contribution < -0.4 is 10.2 Å². The van der Waals surface area contributed by atoms with Gasteiger partial charge in [0, 0.05) is 11.3 Å². The summed E-state index contributed by atoms with van der Waals surface area (Å²) in [6.45, 7) is 12.3. The molecule has 3 aromatic rings. The molecule has 1 atom stereocenters. The minimum absolute atomic E-state index is 0.00281. The van der Waals surface area contributed by atoms with Crippen molar-refractivity contribution in [3.8, 4) is 0 Å². The van der Waals surface area contributed by atoms with Crippen LogP contribution in [0.2, 0.25) is 0 Å². The van der Waals surface area contributed by atoms with Crippen molar-refractivity contribution in [1.29, 1.82) is 0 Å². The second kappa shape index (κ2) is 10.3. The number of nitrogens with one attached hydrogen (secondary N) is 1. The fourth-order valence-electron chi connectivity index (χ4n) is 5.07. The average molecular weight is 454 g/mol. The SMILES string of the molecule is C=Nc1ccc(CC)c(NC(=O)N(c2ccc(C(C)C)cc2)C2CCc3ccccc32)c1CC. The summed E-state index contributed by atoms with van der Waals surface area (Å²) >= 11 is 0. The van der Waals surface area contributed by atoms with E-state index in [1.54, 1.807) is 0 Å². The lowest BCUT2D eigenvalue weighted by Gasteiger charge is -2.31. The number of urea groups is 1. The second-order valence-corrected chi connectivity index (χ2v) is 9.26.